The molecule has 0 unspecified atom stereocenters. The summed E-state index contributed by atoms with van der Waals surface area (Å²) in [5.41, 5.74) is 1.58. The molecule has 1 saturated carbocycles. The van der Waals surface area contributed by atoms with Gasteiger partial charge in [-0.15, -0.1) is 0 Å². The molecule has 1 aliphatic carbocycles. The number of halogens is 1. The van der Waals surface area contributed by atoms with E-state index >= 15 is 0 Å². The lowest BCUT2D eigenvalue weighted by Gasteiger charge is -2.31. The predicted molar refractivity (Wildman–Crippen MR) is 117 cm³/mol. The zero-order valence-electron chi connectivity index (χ0n) is 17.0. The van der Waals surface area contributed by atoms with E-state index in [1.54, 1.807) is 18.3 Å². The Morgan fingerprint density at radius 1 is 1.03 bits per heavy atom. The standard InChI is InChI=1S/C24H23ClN2O4/c25-17-6-4-16(5-7-17)21-15-26-23(29-21)11-10-22(28)27-18-8-9-19-20(14-18)31-24(30-19)12-2-1-3-13-24/h4-9,14-15H,1-3,10-13H2,(H,27,28). The Balaban J connectivity index is 1.17. The van der Waals surface area contributed by atoms with Gasteiger partial charge in [0, 0.05) is 48.0 Å². The van der Waals surface area contributed by atoms with Crippen LogP contribution in [0.2, 0.25) is 5.02 Å². The summed E-state index contributed by atoms with van der Waals surface area (Å²) in [5.74, 6) is 1.98. The number of benzene rings is 2. The molecule has 1 amide bonds. The molecule has 7 heteroatoms. The number of hydrogen-bond donors (Lipinski definition) is 1. The number of amides is 1. The highest BCUT2D eigenvalue weighted by Gasteiger charge is 2.42. The Hall–Kier alpha value is -2.99. The molecule has 31 heavy (non-hydrogen) atoms. The van der Waals surface area contributed by atoms with Gasteiger partial charge in [-0.3, -0.25) is 4.79 Å². The summed E-state index contributed by atoms with van der Waals surface area (Å²) < 4.78 is 18.0. The van der Waals surface area contributed by atoms with Crippen molar-refractivity contribution in [3.8, 4) is 22.8 Å². The van der Waals surface area contributed by atoms with E-state index in [4.69, 9.17) is 25.5 Å². The van der Waals surface area contributed by atoms with Crippen LogP contribution in [-0.2, 0) is 11.2 Å². The molecule has 1 N–H and O–H groups in total. The molecule has 1 aliphatic heterocycles. The first-order valence-electron chi connectivity index (χ1n) is 10.6. The van der Waals surface area contributed by atoms with E-state index in [1.165, 1.54) is 6.42 Å². The highest BCUT2D eigenvalue weighted by molar-refractivity contribution is 6.30. The summed E-state index contributed by atoms with van der Waals surface area (Å²) in [6, 6.07) is 12.9. The number of nitrogens with zero attached hydrogens (tertiary/aromatic N) is 1. The van der Waals surface area contributed by atoms with Crippen LogP contribution in [-0.4, -0.2) is 16.7 Å². The van der Waals surface area contributed by atoms with Gasteiger partial charge in [0.1, 0.15) is 0 Å². The van der Waals surface area contributed by atoms with E-state index in [1.807, 2.05) is 30.3 Å². The molecular formula is C24H23ClN2O4. The number of hydrogen-bond acceptors (Lipinski definition) is 5. The molecule has 2 aromatic carbocycles. The number of aromatic nitrogens is 1. The van der Waals surface area contributed by atoms with E-state index < -0.39 is 5.79 Å². The van der Waals surface area contributed by atoms with Crippen molar-refractivity contribution in [2.24, 2.45) is 0 Å². The second kappa shape index (κ2) is 8.27. The zero-order chi connectivity index (χ0) is 21.3. The average Bonchev–Trinajstić information content (AvgIpc) is 3.37. The van der Waals surface area contributed by atoms with Crippen LogP contribution in [0.5, 0.6) is 11.5 Å². The molecule has 2 heterocycles. The van der Waals surface area contributed by atoms with Gasteiger partial charge in [-0.1, -0.05) is 18.0 Å². The minimum Gasteiger partial charge on any atom is -0.448 e. The Kier molecular flexibility index (Phi) is 5.32. The minimum absolute atomic E-state index is 0.113. The summed E-state index contributed by atoms with van der Waals surface area (Å²) in [7, 11) is 0. The van der Waals surface area contributed by atoms with E-state index in [2.05, 4.69) is 10.3 Å². The van der Waals surface area contributed by atoms with Crippen molar-refractivity contribution >= 4 is 23.2 Å². The van der Waals surface area contributed by atoms with Crippen LogP contribution in [0.4, 0.5) is 5.69 Å². The second-order valence-corrected chi connectivity index (χ2v) is 8.45. The van der Waals surface area contributed by atoms with Crippen molar-refractivity contribution in [3.63, 3.8) is 0 Å². The van der Waals surface area contributed by atoms with Gasteiger partial charge >= 0.3 is 0 Å². The fourth-order valence-corrected chi connectivity index (χ4v) is 4.21. The first-order chi connectivity index (χ1) is 15.1. The molecule has 0 radical (unpaired) electrons. The summed E-state index contributed by atoms with van der Waals surface area (Å²) in [4.78, 5) is 16.7. The first kappa shape index (κ1) is 19.9. The van der Waals surface area contributed by atoms with Crippen LogP contribution < -0.4 is 14.8 Å². The number of anilines is 1. The number of nitrogens with one attached hydrogen (secondary N) is 1. The third-order valence-electron chi connectivity index (χ3n) is 5.68. The summed E-state index contributed by atoms with van der Waals surface area (Å²) in [6.07, 6.45) is 7.57. The monoisotopic (exact) mass is 438 g/mol. The van der Waals surface area contributed by atoms with Gasteiger partial charge in [0.25, 0.3) is 5.79 Å². The number of rotatable bonds is 5. The van der Waals surface area contributed by atoms with E-state index in [-0.39, 0.29) is 12.3 Å². The third-order valence-corrected chi connectivity index (χ3v) is 5.93. The first-order valence-corrected chi connectivity index (χ1v) is 11.0. The zero-order valence-corrected chi connectivity index (χ0v) is 17.8. The molecule has 2 aliphatic rings. The molecular weight excluding hydrogens is 416 g/mol. The Morgan fingerprint density at radius 2 is 1.81 bits per heavy atom. The van der Waals surface area contributed by atoms with Crippen molar-refractivity contribution in [3.05, 3.63) is 59.6 Å². The predicted octanol–water partition coefficient (Wildman–Crippen LogP) is 6.00. The quantitative estimate of drug-likeness (QED) is 0.529. The molecule has 0 atom stereocenters. The molecule has 1 spiro atoms. The lowest BCUT2D eigenvalue weighted by molar-refractivity contribution is -0.116. The van der Waals surface area contributed by atoms with Crippen LogP contribution in [0.1, 0.15) is 44.4 Å². The fourth-order valence-electron chi connectivity index (χ4n) is 4.08. The molecule has 5 rings (SSSR count). The topological polar surface area (TPSA) is 73.6 Å². The minimum atomic E-state index is -0.518. The number of carbonyl (C=O) groups is 1. The maximum Gasteiger partial charge on any atom is 0.251 e. The Labute approximate surface area is 185 Å². The van der Waals surface area contributed by atoms with Crippen molar-refractivity contribution in [2.45, 2.75) is 50.7 Å². The van der Waals surface area contributed by atoms with Crippen molar-refractivity contribution in [2.75, 3.05) is 5.32 Å². The van der Waals surface area contributed by atoms with Crippen LogP contribution in [0.25, 0.3) is 11.3 Å². The normalized spacial score (nSPS) is 16.4. The van der Waals surface area contributed by atoms with Gasteiger partial charge in [0.15, 0.2) is 23.1 Å². The molecule has 0 bridgehead atoms. The lowest BCUT2D eigenvalue weighted by Crippen LogP contribution is -2.40. The number of fused-ring (bicyclic) bond motifs is 1. The van der Waals surface area contributed by atoms with Gasteiger partial charge in [0.05, 0.1) is 6.20 Å². The molecule has 6 nitrogen and oxygen atoms in total. The van der Waals surface area contributed by atoms with Crippen LogP contribution in [0.3, 0.4) is 0 Å². The van der Waals surface area contributed by atoms with Crippen molar-refractivity contribution in [1.29, 1.82) is 0 Å². The van der Waals surface area contributed by atoms with E-state index in [0.717, 1.165) is 37.0 Å². The molecule has 0 saturated heterocycles. The van der Waals surface area contributed by atoms with Gasteiger partial charge in [0.2, 0.25) is 5.91 Å². The van der Waals surface area contributed by atoms with E-state index in [9.17, 15) is 4.79 Å². The summed E-state index contributed by atoms with van der Waals surface area (Å²) >= 11 is 5.92. The summed E-state index contributed by atoms with van der Waals surface area (Å²) in [5, 5.41) is 3.58. The Morgan fingerprint density at radius 3 is 2.61 bits per heavy atom. The number of carbonyl (C=O) groups excluding carboxylic acids is 1. The van der Waals surface area contributed by atoms with Gasteiger partial charge in [-0.25, -0.2) is 4.98 Å². The van der Waals surface area contributed by atoms with E-state index in [0.29, 0.717) is 34.5 Å². The smallest absolute Gasteiger partial charge is 0.251 e. The fraction of sp³-hybridized carbons (Fsp3) is 0.333. The Bertz CT molecular complexity index is 1090. The van der Waals surface area contributed by atoms with Crippen molar-refractivity contribution in [1.82, 2.24) is 4.98 Å². The maximum atomic E-state index is 12.4. The molecule has 160 valence electrons. The maximum absolute atomic E-state index is 12.4. The van der Waals surface area contributed by atoms with Gasteiger partial charge in [-0.2, -0.15) is 0 Å². The number of oxazole rings is 1. The number of ether oxygens (including phenoxy) is 2. The lowest BCUT2D eigenvalue weighted by atomic mass is 9.94. The molecule has 1 fully saturated rings. The highest BCUT2D eigenvalue weighted by atomic mass is 35.5. The molecule has 1 aromatic heterocycles. The van der Waals surface area contributed by atoms with Crippen LogP contribution in [0.15, 0.2) is 53.1 Å². The van der Waals surface area contributed by atoms with Crippen LogP contribution in [0, 0.1) is 0 Å². The third kappa shape index (κ3) is 4.39. The van der Waals surface area contributed by atoms with Gasteiger partial charge in [-0.05, 0) is 49.2 Å². The SMILES string of the molecule is O=C(CCc1ncc(-c2ccc(Cl)cc2)o1)Nc1ccc2c(c1)OC1(CCCCC1)O2. The van der Waals surface area contributed by atoms with Crippen LogP contribution >= 0.6 is 11.6 Å². The second-order valence-electron chi connectivity index (χ2n) is 8.01. The highest BCUT2D eigenvalue weighted by Crippen LogP contribution is 2.46. The van der Waals surface area contributed by atoms with Gasteiger partial charge < -0.3 is 19.2 Å². The largest absolute Gasteiger partial charge is 0.448 e. The average molecular weight is 439 g/mol. The number of aryl methyl sites for hydroxylation is 1. The molecule has 3 aromatic rings. The van der Waals surface area contributed by atoms with Crippen molar-refractivity contribution < 1.29 is 18.7 Å². The summed E-state index contributed by atoms with van der Waals surface area (Å²) in [6.45, 7) is 0.